The first-order valence-electron chi connectivity index (χ1n) is 7.41. The van der Waals surface area contributed by atoms with E-state index in [0.717, 1.165) is 37.9 Å². The number of hydrogen-bond donors (Lipinski definition) is 1. The zero-order valence-corrected chi connectivity index (χ0v) is 12.7. The lowest BCUT2D eigenvalue weighted by molar-refractivity contribution is -0.140. The summed E-state index contributed by atoms with van der Waals surface area (Å²) in [4.78, 5) is 0. The summed E-state index contributed by atoms with van der Waals surface area (Å²) in [5.74, 6) is -0.968. The summed E-state index contributed by atoms with van der Waals surface area (Å²) in [6, 6.07) is 3.11. The van der Waals surface area contributed by atoms with Gasteiger partial charge in [-0.3, -0.25) is 0 Å². The molecule has 5 heteroatoms. The highest BCUT2D eigenvalue weighted by atomic mass is 19.4. The topological polar surface area (TPSA) is 12.0 Å². The second kappa shape index (κ2) is 7.78. The summed E-state index contributed by atoms with van der Waals surface area (Å²) in [5, 5.41) is 3.31. The highest BCUT2D eigenvalue weighted by Crippen LogP contribution is 2.34. The Balaban J connectivity index is 3.05. The second-order valence-corrected chi connectivity index (χ2v) is 5.43. The van der Waals surface area contributed by atoms with Crippen LogP contribution < -0.4 is 5.32 Å². The molecule has 0 heterocycles. The summed E-state index contributed by atoms with van der Waals surface area (Å²) in [7, 11) is 0. The van der Waals surface area contributed by atoms with E-state index in [1.165, 1.54) is 6.07 Å². The van der Waals surface area contributed by atoms with Crippen molar-refractivity contribution in [2.75, 3.05) is 6.54 Å². The third-order valence-electron chi connectivity index (χ3n) is 3.58. The van der Waals surface area contributed by atoms with E-state index in [1.54, 1.807) is 0 Å². The van der Waals surface area contributed by atoms with Crippen molar-refractivity contribution < 1.29 is 17.6 Å². The number of halogens is 4. The molecule has 0 saturated heterocycles. The molecule has 0 amide bonds. The van der Waals surface area contributed by atoms with Crippen LogP contribution in [0, 0.1) is 11.7 Å². The molecule has 1 aromatic rings. The number of alkyl halides is 3. The summed E-state index contributed by atoms with van der Waals surface area (Å²) in [6.45, 7) is 6.86. The van der Waals surface area contributed by atoms with Crippen molar-refractivity contribution >= 4 is 0 Å². The van der Waals surface area contributed by atoms with Crippen LogP contribution in [0.4, 0.5) is 17.6 Å². The normalized spacial score (nSPS) is 15.0. The van der Waals surface area contributed by atoms with Crippen LogP contribution in [-0.2, 0) is 6.18 Å². The van der Waals surface area contributed by atoms with Gasteiger partial charge < -0.3 is 5.32 Å². The minimum Gasteiger partial charge on any atom is -0.310 e. The molecule has 21 heavy (non-hydrogen) atoms. The lowest BCUT2D eigenvalue weighted by Crippen LogP contribution is -2.28. The predicted molar refractivity (Wildman–Crippen MR) is 76.5 cm³/mol. The van der Waals surface area contributed by atoms with Gasteiger partial charge in [0.15, 0.2) is 0 Å². The molecule has 0 aliphatic carbocycles. The van der Waals surface area contributed by atoms with Gasteiger partial charge in [0.25, 0.3) is 0 Å². The Morgan fingerprint density at radius 1 is 1.14 bits per heavy atom. The fourth-order valence-corrected chi connectivity index (χ4v) is 2.52. The van der Waals surface area contributed by atoms with Crippen molar-refractivity contribution in [2.24, 2.45) is 5.92 Å². The SMILES string of the molecule is CCCNC(c1ccc(C(F)(F)F)c(F)c1)C(C)CCC. The number of rotatable bonds is 7. The highest BCUT2D eigenvalue weighted by molar-refractivity contribution is 5.29. The molecule has 0 saturated carbocycles. The van der Waals surface area contributed by atoms with E-state index >= 15 is 0 Å². The second-order valence-electron chi connectivity index (χ2n) is 5.43. The number of hydrogen-bond acceptors (Lipinski definition) is 1. The van der Waals surface area contributed by atoms with Crippen LogP contribution >= 0.6 is 0 Å². The smallest absolute Gasteiger partial charge is 0.310 e. The molecular formula is C16H23F4N. The van der Waals surface area contributed by atoms with E-state index in [2.05, 4.69) is 12.2 Å². The minimum absolute atomic E-state index is 0.123. The minimum atomic E-state index is -4.65. The summed E-state index contributed by atoms with van der Waals surface area (Å²) < 4.78 is 51.6. The lowest BCUT2D eigenvalue weighted by Gasteiger charge is -2.26. The van der Waals surface area contributed by atoms with Gasteiger partial charge in [0.1, 0.15) is 5.82 Å². The molecule has 0 aliphatic rings. The quantitative estimate of drug-likeness (QED) is 0.672. The third-order valence-corrected chi connectivity index (χ3v) is 3.58. The van der Waals surface area contributed by atoms with Gasteiger partial charge in [0.05, 0.1) is 5.56 Å². The van der Waals surface area contributed by atoms with Gasteiger partial charge in [0.2, 0.25) is 0 Å². The summed E-state index contributed by atoms with van der Waals surface area (Å²) in [5.41, 5.74) is -0.626. The number of benzene rings is 1. The summed E-state index contributed by atoms with van der Waals surface area (Å²) >= 11 is 0. The Bertz CT molecular complexity index is 442. The van der Waals surface area contributed by atoms with Gasteiger partial charge in [-0.2, -0.15) is 13.2 Å². The van der Waals surface area contributed by atoms with E-state index in [-0.39, 0.29) is 12.0 Å². The van der Waals surface area contributed by atoms with Gasteiger partial charge >= 0.3 is 6.18 Å². The Morgan fingerprint density at radius 3 is 2.29 bits per heavy atom. The molecular weight excluding hydrogens is 282 g/mol. The lowest BCUT2D eigenvalue weighted by atomic mass is 9.90. The fourth-order valence-electron chi connectivity index (χ4n) is 2.52. The van der Waals surface area contributed by atoms with E-state index in [9.17, 15) is 17.6 Å². The van der Waals surface area contributed by atoms with Crippen molar-refractivity contribution in [3.63, 3.8) is 0 Å². The maximum atomic E-state index is 13.7. The van der Waals surface area contributed by atoms with Crippen molar-refractivity contribution in [3.8, 4) is 0 Å². The van der Waals surface area contributed by atoms with Crippen molar-refractivity contribution in [1.82, 2.24) is 5.32 Å². The molecule has 1 N–H and O–H groups in total. The van der Waals surface area contributed by atoms with Gasteiger partial charge in [-0.25, -0.2) is 4.39 Å². The molecule has 0 radical (unpaired) electrons. The van der Waals surface area contributed by atoms with E-state index < -0.39 is 17.6 Å². The van der Waals surface area contributed by atoms with Crippen LogP contribution in [0.15, 0.2) is 18.2 Å². The van der Waals surface area contributed by atoms with Gasteiger partial charge in [-0.05, 0) is 43.0 Å². The van der Waals surface area contributed by atoms with Gasteiger partial charge in [-0.1, -0.05) is 33.3 Å². The maximum Gasteiger partial charge on any atom is 0.419 e. The average Bonchev–Trinajstić information content (AvgIpc) is 2.38. The van der Waals surface area contributed by atoms with Crippen molar-refractivity contribution in [3.05, 3.63) is 35.1 Å². The van der Waals surface area contributed by atoms with E-state index in [1.807, 2.05) is 13.8 Å². The Kier molecular flexibility index (Phi) is 6.65. The monoisotopic (exact) mass is 305 g/mol. The van der Waals surface area contributed by atoms with E-state index in [4.69, 9.17) is 0 Å². The first kappa shape index (κ1) is 18.0. The van der Waals surface area contributed by atoms with Crippen LogP contribution in [0.1, 0.15) is 57.2 Å². The highest BCUT2D eigenvalue weighted by Gasteiger charge is 2.34. The standard InChI is InChI=1S/C16H23F4N/c1-4-6-11(3)15(21-9-5-2)12-7-8-13(14(17)10-12)16(18,19)20/h7-8,10-11,15,21H,4-6,9H2,1-3H3. The van der Waals surface area contributed by atoms with Crippen molar-refractivity contribution in [2.45, 2.75) is 52.3 Å². The van der Waals surface area contributed by atoms with Crippen LogP contribution in [0.5, 0.6) is 0 Å². The fraction of sp³-hybridized carbons (Fsp3) is 0.625. The van der Waals surface area contributed by atoms with Gasteiger partial charge in [-0.15, -0.1) is 0 Å². The molecule has 1 rings (SSSR count). The number of nitrogens with one attached hydrogen (secondary N) is 1. The molecule has 120 valence electrons. The summed E-state index contributed by atoms with van der Waals surface area (Å²) in [6.07, 6.45) is -1.82. The molecule has 0 fully saturated rings. The first-order chi connectivity index (χ1) is 9.81. The van der Waals surface area contributed by atoms with Crippen LogP contribution in [-0.4, -0.2) is 6.54 Å². The zero-order chi connectivity index (χ0) is 16.0. The Hall–Kier alpha value is -1.10. The van der Waals surface area contributed by atoms with Crippen LogP contribution in [0.2, 0.25) is 0 Å². The maximum absolute atomic E-state index is 13.7. The Labute approximate surface area is 123 Å². The zero-order valence-electron chi connectivity index (χ0n) is 12.7. The largest absolute Gasteiger partial charge is 0.419 e. The average molecular weight is 305 g/mol. The Morgan fingerprint density at radius 2 is 1.81 bits per heavy atom. The molecule has 1 nitrogen and oxygen atoms in total. The molecule has 2 unspecified atom stereocenters. The molecule has 0 aromatic heterocycles. The van der Waals surface area contributed by atoms with Crippen LogP contribution in [0.3, 0.4) is 0 Å². The van der Waals surface area contributed by atoms with Crippen LogP contribution in [0.25, 0.3) is 0 Å². The van der Waals surface area contributed by atoms with Gasteiger partial charge in [0, 0.05) is 6.04 Å². The predicted octanol–water partition coefficient (Wildman–Crippen LogP) is 5.32. The molecule has 2 atom stereocenters. The molecule has 0 bridgehead atoms. The first-order valence-corrected chi connectivity index (χ1v) is 7.41. The van der Waals surface area contributed by atoms with Crippen molar-refractivity contribution in [1.29, 1.82) is 0 Å². The third kappa shape index (κ3) is 4.99. The molecule has 1 aromatic carbocycles. The molecule has 0 aliphatic heterocycles. The van der Waals surface area contributed by atoms with E-state index in [0.29, 0.717) is 5.56 Å². The molecule has 0 spiro atoms.